The Bertz CT molecular complexity index is 1710. The number of benzene rings is 2. The maximum Gasteiger partial charge on any atom is 0.310 e. The van der Waals surface area contributed by atoms with Crippen molar-refractivity contribution in [3.05, 3.63) is 79.9 Å². The van der Waals surface area contributed by atoms with Crippen LogP contribution in [0.25, 0.3) is 0 Å². The standard InChI is InChI=1S/C42H54N2O10/c1-26(5-19-38(45)52-4)34-17-18-35-33-16-11-29-24-32(53-39(46)20-10-27-6-12-30(13-7-27)43(48)49)21-22-41(29,2)36(33)25-37(42(34,35)3)54-40(47)23-28-8-14-31(15-9-28)44(50)51/h6-9,12-15,26,29,32-37H,5,10-11,16-25H2,1-4H3/t26-,29-,32-,33+,34-,35+,36+,37+,41+,42-/m1/s1. The Morgan fingerprint density at radius 3 is 2.06 bits per heavy atom. The van der Waals surface area contributed by atoms with Crippen molar-refractivity contribution >= 4 is 29.3 Å². The van der Waals surface area contributed by atoms with E-state index in [4.69, 9.17) is 14.2 Å². The number of carbonyl (C=O) groups is 3. The molecule has 12 heteroatoms. The van der Waals surface area contributed by atoms with E-state index in [0.717, 1.165) is 56.9 Å². The van der Waals surface area contributed by atoms with E-state index in [1.807, 2.05) is 0 Å². The van der Waals surface area contributed by atoms with Crippen LogP contribution in [0, 0.1) is 66.6 Å². The minimum atomic E-state index is -0.455. The van der Waals surface area contributed by atoms with E-state index < -0.39 is 9.85 Å². The predicted octanol–water partition coefficient (Wildman–Crippen LogP) is 8.36. The van der Waals surface area contributed by atoms with Crippen LogP contribution >= 0.6 is 0 Å². The van der Waals surface area contributed by atoms with Crippen LogP contribution in [-0.2, 0) is 41.4 Å². The number of fused-ring (bicyclic) bond motifs is 5. The van der Waals surface area contributed by atoms with Gasteiger partial charge in [-0.15, -0.1) is 0 Å². The van der Waals surface area contributed by atoms with Gasteiger partial charge in [0.05, 0.1) is 23.4 Å². The number of nitro groups is 2. The first-order valence-electron chi connectivity index (χ1n) is 19.6. The van der Waals surface area contributed by atoms with Crippen LogP contribution in [-0.4, -0.2) is 47.1 Å². The summed E-state index contributed by atoms with van der Waals surface area (Å²) in [4.78, 5) is 60.1. The highest BCUT2D eigenvalue weighted by atomic mass is 16.6. The lowest BCUT2D eigenvalue weighted by atomic mass is 9.43. The van der Waals surface area contributed by atoms with Crippen LogP contribution in [0.5, 0.6) is 0 Å². The summed E-state index contributed by atoms with van der Waals surface area (Å²) in [6.45, 7) is 6.95. The second kappa shape index (κ2) is 16.2. The molecule has 4 fully saturated rings. The maximum absolute atomic E-state index is 13.7. The molecule has 4 saturated carbocycles. The van der Waals surface area contributed by atoms with Gasteiger partial charge in [-0.2, -0.15) is 0 Å². The molecular weight excluding hydrogens is 692 g/mol. The topological polar surface area (TPSA) is 165 Å². The number of aryl methyl sites for hydroxylation is 1. The van der Waals surface area contributed by atoms with Crippen molar-refractivity contribution in [3.8, 4) is 0 Å². The highest BCUT2D eigenvalue weighted by Gasteiger charge is 2.65. The van der Waals surface area contributed by atoms with Crippen molar-refractivity contribution < 1.29 is 38.4 Å². The quantitative estimate of drug-likeness (QED) is 0.0841. The van der Waals surface area contributed by atoms with E-state index in [1.54, 1.807) is 24.3 Å². The summed E-state index contributed by atoms with van der Waals surface area (Å²) in [6.07, 6.45) is 8.79. The second-order valence-corrected chi connectivity index (χ2v) is 16.9. The molecular formula is C42H54N2O10. The van der Waals surface area contributed by atoms with Crippen molar-refractivity contribution in [2.75, 3.05) is 7.11 Å². The number of nitrogens with zero attached hydrogens (tertiary/aromatic N) is 2. The molecule has 292 valence electrons. The summed E-state index contributed by atoms with van der Waals surface area (Å²) in [5.41, 5.74) is 1.26. The van der Waals surface area contributed by atoms with Gasteiger partial charge in [-0.05, 0) is 116 Å². The molecule has 0 amide bonds. The molecule has 0 N–H and O–H groups in total. The molecule has 0 aliphatic heterocycles. The molecule has 6 rings (SSSR count). The summed E-state index contributed by atoms with van der Waals surface area (Å²) < 4.78 is 17.6. The Morgan fingerprint density at radius 2 is 1.43 bits per heavy atom. The number of rotatable bonds is 13. The lowest BCUT2D eigenvalue weighted by molar-refractivity contribution is -0.385. The Labute approximate surface area is 317 Å². The van der Waals surface area contributed by atoms with Crippen molar-refractivity contribution in [1.82, 2.24) is 0 Å². The van der Waals surface area contributed by atoms with Crippen LogP contribution in [0.3, 0.4) is 0 Å². The van der Waals surface area contributed by atoms with Gasteiger partial charge in [0.1, 0.15) is 12.2 Å². The smallest absolute Gasteiger partial charge is 0.310 e. The van der Waals surface area contributed by atoms with Gasteiger partial charge >= 0.3 is 17.9 Å². The molecule has 0 unspecified atom stereocenters. The second-order valence-electron chi connectivity index (χ2n) is 16.9. The Morgan fingerprint density at radius 1 is 0.778 bits per heavy atom. The summed E-state index contributed by atoms with van der Waals surface area (Å²) >= 11 is 0. The molecule has 4 aliphatic rings. The van der Waals surface area contributed by atoms with Crippen LogP contribution < -0.4 is 0 Å². The number of methoxy groups -OCH3 is 1. The number of hydrogen-bond acceptors (Lipinski definition) is 10. The van der Waals surface area contributed by atoms with E-state index in [-0.39, 0.29) is 77.0 Å². The van der Waals surface area contributed by atoms with Crippen molar-refractivity contribution in [2.45, 2.75) is 116 Å². The largest absolute Gasteiger partial charge is 0.469 e. The normalized spacial score (nSPS) is 31.9. The fourth-order valence-corrected chi connectivity index (χ4v) is 11.4. The third kappa shape index (κ3) is 8.03. The number of esters is 3. The lowest BCUT2D eigenvalue weighted by Crippen LogP contribution is -2.59. The molecule has 0 saturated heterocycles. The molecule has 4 aliphatic carbocycles. The van der Waals surface area contributed by atoms with E-state index in [9.17, 15) is 34.6 Å². The summed E-state index contributed by atoms with van der Waals surface area (Å²) in [6, 6.07) is 12.3. The number of nitro benzene ring substituents is 2. The molecule has 0 radical (unpaired) electrons. The van der Waals surface area contributed by atoms with Crippen LogP contribution in [0.1, 0.15) is 103 Å². The number of hydrogen-bond donors (Lipinski definition) is 0. The predicted molar refractivity (Wildman–Crippen MR) is 199 cm³/mol. The zero-order valence-corrected chi connectivity index (χ0v) is 31.9. The number of ether oxygens (including phenoxy) is 3. The average molecular weight is 747 g/mol. The Balaban J connectivity index is 1.16. The minimum Gasteiger partial charge on any atom is -0.469 e. The van der Waals surface area contributed by atoms with Gasteiger partial charge in [-0.3, -0.25) is 34.6 Å². The van der Waals surface area contributed by atoms with E-state index in [2.05, 4.69) is 20.8 Å². The van der Waals surface area contributed by atoms with Gasteiger partial charge in [-0.1, -0.05) is 45.0 Å². The van der Waals surface area contributed by atoms with Gasteiger partial charge in [0, 0.05) is 42.5 Å². The average Bonchev–Trinajstić information content (AvgIpc) is 3.52. The number of carbonyl (C=O) groups excluding carboxylic acids is 3. The van der Waals surface area contributed by atoms with Crippen LogP contribution in [0.4, 0.5) is 11.4 Å². The number of non-ortho nitro benzene ring substituents is 2. The van der Waals surface area contributed by atoms with E-state index in [1.165, 1.54) is 31.4 Å². The summed E-state index contributed by atoms with van der Waals surface area (Å²) in [5, 5.41) is 22.2. The lowest BCUT2D eigenvalue weighted by Gasteiger charge is -2.62. The zero-order valence-electron chi connectivity index (χ0n) is 31.9. The SMILES string of the molecule is COC(=O)CC[C@@H](C)[C@H]1CC[C@H]2[C@@H]3CC[C@@H]4C[C@H](OC(=O)CCc5ccc([N+](=O)[O-])cc5)CC[C@]4(C)[C@H]3C[C@H](OC(=O)Cc3ccc([N+](=O)[O-])cc3)[C@]12C. The third-order valence-electron chi connectivity index (χ3n) is 14.3. The fourth-order valence-electron chi connectivity index (χ4n) is 11.4. The molecule has 2 aromatic carbocycles. The molecule has 0 heterocycles. The van der Waals surface area contributed by atoms with Crippen molar-refractivity contribution in [2.24, 2.45) is 46.3 Å². The molecule has 0 bridgehead atoms. The molecule has 0 aromatic heterocycles. The van der Waals surface area contributed by atoms with Gasteiger partial charge in [-0.25, -0.2) is 0 Å². The molecule has 54 heavy (non-hydrogen) atoms. The highest BCUT2D eigenvalue weighted by molar-refractivity contribution is 5.73. The molecule has 12 nitrogen and oxygen atoms in total. The Kier molecular flexibility index (Phi) is 11.8. The van der Waals surface area contributed by atoms with Gasteiger partial charge in [0.25, 0.3) is 11.4 Å². The first kappa shape index (κ1) is 39.3. The maximum atomic E-state index is 13.7. The molecule has 10 atom stereocenters. The van der Waals surface area contributed by atoms with Crippen molar-refractivity contribution in [1.29, 1.82) is 0 Å². The zero-order chi connectivity index (χ0) is 38.8. The van der Waals surface area contributed by atoms with Crippen molar-refractivity contribution in [3.63, 3.8) is 0 Å². The highest BCUT2D eigenvalue weighted by Crippen LogP contribution is 2.69. The van der Waals surface area contributed by atoms with E-state index in [0.29, 0.717) is 48.5 Å². The van der Waals surface area contributed by atoms with Gasteiger partial charge < -0.3 is 14.2 Å². The van der Waals surface area contributed by atoms with Gasteiger partial charge in [0.15, 0.2) is 0 Å². The molecule has 2 aromatic rings. The monoisotopic (exact) mass is 746 g/mol. The van der Waals surface area contributed by atoms with Gasteiger partial charge in [0.2, 0.25) is 0 Å². The summed E-state index contributed by atoms with van der Waals surface area (Å²) in [5.74, 6) is 1.29. The van der Waals surface area contributed by atoms with E-state index >= 15 is 0 Å². The van der Waals surface area contributed by atoms with Crippen LogP contribution in [0.2, 0.25) is 0 Å². The molecule has 0 spiro atoms. The first-order valence-corrected chi connectivity index (χ1v) is 19.6. The minimum absolute atomic E-state index is 0.00349. The summed E-state index contributed by atoms with van der Waals surface area (Å²) in [7, 11) is 1.42. The Hall–Kier alpha value is -4.35. The van der Waals surface area contributed by atoms with Crippen LogP contribution in [0.15, 0.2) is 48.5 Å². The first-order chi connectivity index (χ1) is 25.7. The third-order valence-corrected chi connectivity index (χ3v) is 14.3. The fraction of sp³-hybridized carbons (Fsp3) is 0.643.